The lowest BCUT2D eigenvalue weighted by Crippen LogP contribution is -2.37. The Morgan fingerprint density at radius 3 is 2.84 bits per heavy atom. The predicted molar refractivity (Wildman–Crippen MR) is 125 cm³/mol. The van der Waals surface area contributed by atoms with Crippen molar-refractivity contribution in [1.29, 1.82) is 0 Å². The van der Waals surface area contributed by atoms with E-state index in [0.717, 1.165) is 59.0 Å². The van der Waals surface area contributed by atoms with Crippen LogP contribution < -0.4 is 10.8 Å². The molecule has 0 spiro atoms. The molecule has 7 nitrogen and oxygen atoms in total. The van der Waals surface area contributed by atoms with Crippen LogP contribution in [-0.4, -0.2) is 51.3 Å². The molecule has 1 fully saturated rings. The van der Waals surface area contributed by atoms with Crippen LogP contribution in [0.4, 0.5) is 5.82 Å². The lowest BCUT2D eigenvalue weighted by molar-refractivity contribution is 0.0717. The summed E-state index contributed by atoms with van der Waals surface area (Å²) >= 11 is 1.51. The number of rotatable bonds is 5. The zero-order valence-corrected chi connectivity index (χ0v) is 18.2. The summed E-state index contributed by atoms with van der Waals surface area (Å²) in [4.78, 5) is 24.6. The fourth-order valence-electron chi connectivity index (χ4n) is 4.06. The number of hydrogen-bond donors (Lipinski definition) is 1. The molecule has 0 atom stereocenters. The van der Waals surface area contributed by atoms with Gasteiger partial charge in [0, 0.05) is 55.9 Å². The van der Waals surface area contributed by atoms with Crippen molar-refractivity contribution in [3.05, 3.63) is 70.4 Å². The minimum absolute atomic E-state index is 0.141. The molecule has 5 rings (SSSR count). The minimum atomic E-state index is 0.141. The Kier molecular flexibility index (Phi) is 5.42. The molecule has 0 bridgehead atoms. The van der Waals surface area contributed by atoms with Crippen molar-refractivity contribution in [1.82, 2.24) is 24.5 Å². The number of fused-ring (bicyclic) bond motifs is 1. The summed E-state index contributed by atoms with van der Waals surface area (Å²) in [6.45, 7) is 2.18. The molecule has 156 valence electrons. The Balaban J connectivity index is 1.35. The van der Waals surface area contributed by atoms with Crippen LogP contribution in [0.5, 0.6) is 0 Å². The molecular formula is C22H23BN6OS. The summed E-state index contributed by atoms with van der Waals surface area (Å²) in [5.74, 6) is 1.39. The van der Waals surface area contributed by atoms with E-state index in [1.807, 2.05) is 59.3 Å². The van der Waals surface area contributed by atoms with E-state index < -0.39 is 0 Å². The Morgan fingerprint density at radius 1 is 1.23 bits per heavy atom. The van der Waals surface area contributed by atoms with Gasteiger partial charge in [0.2, 0.25) is 0 Å². The fraction of sp³-hybridized carbons (Fsp3) is 0.273. The van der Waals surface area contributed by atoms with Crippen molar-refractivity contribution < 1.29 is 4.79 Å². The highest BCUT2D eigenvalue weighted by atomic mass is 32.1. The second-order valence-corrected chi connectivity index (χ2v) is 8.84. The molecule has 0 unspecified atom stereocenters. The second kappa shape index (κ2) is 8.51. The molecular weight excluding hydrogens is 407 g/mol. The maximum absolute atomic E-state index is 12.7. The normalized spacial score (nSPS) is 14.8. The lowest BCUT2D eigenvalue weighted by Gasteiger charge is -2.31. The average molecular weight is 430 g/mol. The van der Waals surface area contributed by atoms with Crippen molar-refractivity contribution >= 4 is 42.0 Å². The van der Waals surface area contributed by atoms with E-state index in [1.165, 1.54) is 11.3 Å². The molecule has 4 aromatic heterocycles. The van der Waals surface area contributed by atoms with Crippen LogP contribution in [0.1, 0.15) is 39.7 Å². The van der Waals surface area contributed by atoms with Gasteiger partial charge in [-0.2, -0.15) is 9.61 Å². The Labute approximate surface area is 185 Å². The number of nitrogens with zero attached hydrogens (tertiary/aromatic N) is 5. The number of carbonyl (C=O) groups is 1. The SMILES string of the molecule is Bc1cnn2c(NCc3cccnc3)cc(C3CCN(C(=O)c4cccs4)CC3)nc12. The van der Waals surface area contributed by atoms with Gasteiger partial charge in [0.25, 0.3) is 5.91 Å². The van der Waals surface area contributed by atoms with Crippen molar-refractivity contribution in [2.24, 2.45) is 0 Å². The topological polar surface area (TPSA) is 75.4 Å². The molecule has 0 aliphatic carbocycles. The van der Waals surface area contributed by atoms with Gasteiger partial charge >= 0.3 is 0 Å². The van der Waals surface area contributed by atoms with Crippen LogP contribution in [-0.2, 0) is 6.54 Å². The van der Waals surface area contributed by atoms with Gasteiger partial charge in [-0.1, -0.05) is 12.1 Å². The van der Waals surface area contributed by atoms with Crippen LogP contribution in [0.2, 0.25) is 0 Å². The summed E-state index contributed by atoms with van der Waals surface area (Å²) in [5, 5.41) is 9.96. The third kappa shape index (κ3) is 4.05. The summed E-state index contributed by atoms with van der Waals surface area (Å²) in [6, 6.07) is 9.92. The Morgan fingerprint density at radius 2 is 2.10 bits per heavy atom. The van der Waals surface area contributed by atoms with Gasteiger partial charge in [-0.3, -0.25) is 9.78 Å². The van der Waals surface area contributed by atoms with Gasteiger partial charge in [0.1, 0.15) is 13.7 Å². The standard InChI is InChI=1S/C22H23BN6OS/c23-17-14-26-29-20(25-13-15-3-1-7-24-12-15)11-18(27-21(17)29)16-5-8-28(9-6-16)22(30)19-4-2-10-31-19/h1-4,7,10-12,14,16,25H,5-6,8-9,13,23H2. The van der Waals surface area contributed by atoms with Crippen molar-refractivity contribution in [3.8, 4) is 0 Å². The van der Waals surface area contributed by atoms with Crippen LogP contribution in [0.25, 0.3) is 5.65 Å². The van der Waals surface area contributed by atoms with Crippen molar-refractivity contribution in [3.63, 3.8) is 0 Å². The third-order valence-electron chi connectivity index (χ3n) is 5.80. The molecule has 0 radical (unpaired) electrons. The monoisotopic (exact) mass is 430 g/mol. The van der Waals surface area contributed by atoms with Gasteiger partial charge in [-0.25, -0.2) is 4.98 Å². The molecule has 31 heavy (non-hydrogen) atoms. The van der Waals surface area contributed by atoms with E-state index in [-0.39, 0.29) is 5.91 Å². The highest BCUT2D eigenvalue weighted by Crippen LogP contribution is 2.30. The first-order valence-corrected chi connectivity index (χ1v) is 11.4. The molecule has 1 N–H and O–H groups in total. The number of piperidine rings is 1. The highest BCUT2D eigenvalue weighted by Gasteiger charge is 2.26. The van der Waals surface area contributed by atoms with Crippen LogP contribution in [0.3, 0.4) is 0 Å². The quantitative estimate of drug-likeness (QED) is 0.491. The van der Waals surface area contributed by atoms with E-state index in [0.29, 0.717) is 12.5 Å². The van der Waals surface area contributed by atoms with Crippen molar-refractivity contribution in [2.75, 3.05) is 18.4 Å². The van der Waals surface area contributed by atoms with Crippen LogP contribution in [0.15, 0.2) is 54.3 Å². The number of hydrogen-bond acceptors (Lipinski definition) is 6. The summed E-state index contributed by atoms with van der Waals surface area (Å²) < 4.78 is 1.87. The maximum Gasteiger partial charge on any atom is 0.263 e. The Bertz CT molecular complexity index is 1190. The van der Waals surface area contributed by atoms with Crippen LogP contribution in [0, 0.1) is 0 Å². The summed E-state index contributed by atoms with van der Waals surface area (Å²) in [6.07, 6.45) is 7.31. The van der Waals surface area contributed by atoms with E-state index in [9.17, 15) is 4.79 Å². The Hall–Kier alpha value is -3.20. The van der Waals surface area contributed by atoms with Gasteiger partial charge in [-0.15, -0.1) is 11.3 Å². The predicted octanol–water partition coefficient (Wildman–Crippen LogP) is 2.08. The molecule has 0 aromatic carbocycles. The zero-order valence-electron chi connectivity index (χ0n) is 17.4. The third-order valence-corrected chi connectivity index (χ3v) is 6.65. The van der Waals surface area contributed by atoms with E-state index in [2.05, 4.69) is 21.5 Å². The van der Waals surface area contributed by atoms with Crippen LogP contribution >= 0.6 is 11.3 Å². The second-order valence-electron chi connectivity index (χ2n) is 7.89. The smallest absolute Gasteiger partial charge is 0.263 e. The molecule has 1 saturated heterocycles. The van der Waals surface area contributed by atoms with E-state index >= 15 is 0 Å². The number of thiophene rings is 1. The first kappa shape index (κ1) is 19.7. The van der Waals surface area contributed by atoms with Gasteiger partial charge in [0.15, 0.2) is 5.65 Å². The minimum Gasteiger partial charge on any atom is -0.366 e. The molecule has 5 heterocycles. The average Bonchev–Trinajstić information content (AvgIpc) is 3.48. The maximum atomic E-state index is 12.7. The highest BCUT2D eigenvalue weighted by molar-refractivity contribution is 7.12. The summed E-state index contributed by atoms with van der Waals surface area (Å²) in [7, 11) is 2.03. The lowest BCUT2D eigenvalue weighted by atomic mass is 9.92. The number of nitrogens with one attached hydrogen (secondary N) is 1. The number of amides is 1. The molecule has 1 amide bonds. The first-order chi connectivity index (χ1) is 15.2. The van der Waals surface area contributed by atoms with Crippen molar-refractivity contribution in [2.45, 2.75) is 25.3 Å². The molecule has 1 aliphatic heterocycles. The molecule has 9 heteroatoms. The largest absolute Gasteiger partial charge is 0.366 e. The number of carbonyl (C=O) groups excluding carboxylic acids is 1. The number of likely N-dealkylation sites (tertiary alicyclic amines) is 1. The summed E-state index contributed by atoms with van der Waals surface area (Å²) in [5.41, 5.74) is 4.10. The van der Waals surface area contributed by atoms with Gasteiger partial charge < -0.3 is 10.2 Å². The van der Waals surface area contributed by atoms with Gasteiger partial charge in [0.05, 0.1) is 4.88 Å². The number of pyridine rings is 1. The van der Waals surface area contributed by atoms with Gasteiger partial charge in [-0.05, 0) is 41.4 Å². The first-order valence-electron chi connectivity index (χ1n) is 10.5. The number of aromatic nitrogens is 4. The molecule has 0 saturated carbocycles. The fourth-order valence-corrected chi connectivity index (χ4v) is 4.75. The number of anilines is 1. The zero-order chi connectivity index (χ0) is 21.2. The molecule has 1 aliphatic rings. The molecule has 4 aromatic rings. The van der Waals surface area contributed by atoms with E-state index in [4.69, 9.17) is 4.98 Å². The van der Waals surface area contributed by atoms with E-state index in [1.54, 1.807) is 6.20 Å².